The number of fused-ring (bicyclic) bond motifs is 2. The van der Waals surface area contributed by atoms with Crippen LogP contribution in [0.25, 0.3) is 27.9 Å². The van der Waals surface area contributed by atoms with E-state index in [1.54, 1.807) is 34.9 Å². The maximum Gasteiger partial charge on any atom is 0.416 e. The highest BCUT2D eigenvalue weighted by Crippen LogP contribution is 2.33. The molecule has 0 fully saturated rings. The van der Waals surface area contributed by atoms with E-state index in [0.717, 1.165) is 17.7 Å². The smallest absolute Gasteiger partial charge is 0.384 e. The molecule has 36 heavy (non-hydrogen) atoms. The van der Waals surface area contributed by atoms with Crippen molar-refractivity contribution in [2.45, 2.75) is 13.1 Å². The predicted molar refractivity (Wildman–Crippen MR) is 130 cm³/mol. The summed E-state index contributed by atoms with van der Waals surface area (Å²) in [6.45, 7) is 1.82. The molecule has 3 N–H and O–H groups in total. The number of aryl methyl sites for hydroxylation is 1. The zero-order chi connectivity index (χ0) is 25.6. The van der Waals surface area contributed by atoms with Gasteiger partial charge in [-0.2, -0.15) is 18.4 Å². The first kappa shape index (κ1) is 22.9. The van der Waals surface area contributed by atoms with Gasteiger partial charge in [-0.25, -0.2) is 9.97 Å². The van der Waals surface area contributed by atoms with E-state index in [9.17, 15) is 23.2 Å². The minimum absolute atomic E-state index is 0.132. The number of carbonyl (C=O) groups is 1. The van der Waals surface area contributed by atoms with E-state index in [1.165, 1.54) is 12.1 Å². The number of nitriles is 1. The molecular weight excluding hydrogens is 469 g/mol. The van der Waals surface area contributed by atoms with Gasteiger partial charge in [0.15, 0.2) is 5.65 Å². The van der Waals surface area contributed by atoms with Crippen LogP contribution < -0.4 is 11.1 Å². The fourth-order valence-corrected chi connectivity index (χ4v) is 3.98. The van der Waals surface area contributed by atoms with Gasteiger partial charge < -0.3 is 11.1 Å². The Morgan fingerprint density at radius 2 is 1.75 bits per heavy atom. The molecule has 0 saturated carbocycles. The first-order valence-corrected chi connectivity index (χ1v) is 10.7. The number of nitrogen functional groups attached to an aromatic ring is 1. The van der Waals surface area contributed by atoms with E-state index < -0.39 is 17.6 Å². The molecule has 0 saturated heterocycles. The van der Waals surface area contributed by atoms with Crippen LogP contribution in [0.4, 0.5) is 24.7 Å². The predicted octanol–water partition coefficient (Wildman–Crippen LogP) is 5.61. The Morgan fingerprint density at radius 3 is 2.44 bits per heavy atom. The maximum absolute atomic E-state index is 13.1. The molecule has 0 radical (unpaired) electrons. The Balaban J connectivity index is 1.60. The number of hydrogen-bond donors (Lipinski definition) is 2. The first-order chi connectivity index (χ1) is 17.2. The molecule has 2 heterocycles. The van der Waals surface area contributed by atoms with E-state index in [-0.39, 0.29) is 16.9 Å². The summed E-state index contributed by atoms with van der Waals surface area (Å²) in [5, 5.41) is 12.4. The summed E-state index contributed by atoms with van der Waals surface area (Å²) in [6, 6.07) is 18.4. The van der Waals surface area contributed by atoms with E-state index >= 15 is 0 Å². The van der Waals surface area contributed by atoms with E-state index in [2.05, 4.69) is 21.4 Å². The molecule has 0 unspecified atom stereocenters. The zero-order valence-corrected chi connectivity index (χ0v) is 18.8. The Kier molecular flexibility index (Phi) is 5.33. The van der Waals surface area contributed by atoms with Crippen molar-refractivity contribution in [1.29, 1.82) is 5.26 Å². The lowest BCUT2D eigenvalue weighted by Crippen LogP contribution is -2.14. The highest BCUT2D eigenvalue weighted by Gasteiger charge is 2.31. The van der Waals surface area contributed by atoms with Gasteiger partial charge in [0.25, 0.3) is 5.91 Å². The quantitative estimate of drug-likeness (QED) is 0.345. The third kappa shape index (κ3) is 3.86. The minimum Gasteiger partial charge on any atom is -0.384 e. The standard InChI is InChI=1S/C26H17F3N6O/c1-14-9-10-17(32-25(36)15-5-4-6-16(11-15)26(27,28)29)12-21(14)35-23(31)18(13-30)22-24(35)34-20-8-3-2-7-19(20)33-22/h2-12H,31H2,1H3,(H,32,36). The lowest BCUT2D eigenvalue weighted by molar-refractivity contribution is -0.137. The van der Waals surface area contributed by atoms with Gasteiger partial charge in [0.2, 0.25) is 0 Å². The second-order valence-corrected chi connectivity index (χ2v) is 8.13. The Hall–Kier alpha value is -4.91. The van der Waals surface area contributed by atoms with Crippen LogP contribution in [0.15, 0.2) is 66.7 Å². The third-order valence-corrected chi connectivity index (χ3v) is 5.77. The second-order valence-electron chi connectivity index (χ2n) is 8.13. The topological polar surface area (TPSA) is 110 Å². The molecule has 0 atom stereocenters. The van der Waals surface area contributed by atoms with Crippen LogP contribution in [0.1, 0.15) is 27.0 Å². The van der Waals surface area contributed by atoms with Crippen molar-refractivity contribution in [3.63, 3.8) is 0 Å². The molecule has 5 aromatic rings. The summed E-state index contributed by atoms with van der Waals surface area (Å²) in [7, 11) is 0. The number of rotatable bonds is 3. The van der Waals surface area contributed by atoms with Crippen molar-refractivity contribution >= 4 is 39.6 Å². The van der Waals surface area contributed by atoms with Gasteiger partial charge in [-0.05, 0) is 55.0 Å². The number of carbonyl (C=O) groups excluding carboxylic acids is 1. The van der Waals surface area contributed by atoms with Crippen LogP contribution in [0.2, 0.25) is 0 Å². The number of benzene rings is 3. The number of hydrogen-bond acceptors (Lipinski definition) is 5. The van der Waals surface area contributed by atoms with Gasteiger partial charge >= 0.3 is 6.18 Å². The molecule has 3 aromatic carbocycles. The number of para-hydroxylation sites is 2. The third-order valence-electron chi connectivity index (χ3n) is 5.77. The van der Waals surface area contributed by atoms with Gasteiger partial charge in [0, 0.05) is 11.3 Å². The summed E-state index contributed by atoms with van der Waals surface area (Å²) in [6.07, 6.45) is -4.57. The fourth-order valence-electron chi connectivity index (χ4n) is 3.98. The van der Waals surface area contributed by atoms with Crippen LogP contribution in [-0.2, 0) is 6.18 Å². The first-order valence-electron chi connectivity index (χ1n) is 10.7. The van der Waals surface area contributed by atoms with Crippen molar-refractivity contribution in [1.82, 2.24) is 14.5 Å². The van der Waals surface area contributed by atoms with E-state index in [1.807, 2.05) is 19.1 Å². The average Bonchev–Trinajstić information content (AvgIpc) is 3.13. The molecule has 7 nitrogen and oxygen atoms in total. The van der Waals surface area contributed by atoms with Crippen LogP contribution >= 0.6 is 0 Å². The summed E-state index contributed by atoms with van der Waals surface area (Å²) in [4.78, 5) is 22.0. The summed E-state index contributed by atoms with van der Waals surface area (Å²) in [5.41, 5.74) is 9.02. The Bertz CT molecular complexity index is 1720. The minimum atomic E-state index is -4.57. The lowest BCUT2D eigenvalue weighted by Gasteiger charge is -2.14. The normalized spacial score (nSPS) is 11.5. The molecular formula is C26H17F3N6O. The molecule has 2 aromatic heterocycles. The molecule has 5 rings (SSSR count). The highest BCUT2D eigenvalue weighted by atomic mass is 19.4. The summed E-state index contributed by atoms with van der Waals surface area (Å²) in [5.74, 6) is -0.572. The lowest BCUT2D eigenvalue weighted by atomic mass is 10.1. The Labute approximate surface area is 202 Å². The van der Waals surface area contributed by atoms with Gasteiger partial charge in [-0.15, -0.1) is 0 Å². The van der Waals surface area contributed by atoms with Crippen molar-refractivity contribution < 1.29 is 18.0 Å². The average molecular weight is 486 g/mol. The fraction of sp³-hybridized carbons (Fsp3) is 0.0769. The summed E-state index contributed by atoms with van der Waals surface area (Å²) < 4.78 is 40.8. The largest absolute Gasteiger partial charge is 0.416 e. The van der Waals surface area contributed by atoms with Gasteiger partial charge in [-0.3, -0.25) is 9.36 Å². The molecule has 0 aliphatic rings. The Morgan fingerprint density at radius 1 is 1.03 bits per heavy atom. The number of anilines is 2. The summed E-state index contributed by atoms with van der Waals surface area (Å²) >= 11 is 0. The van der Waals surface area contributed by atoms with Crippen LogP contribution in [0.5, 0.6) is 0 Å². The van der Waals surface area contributed by atoms with Crippen molar-refractivity contribution in [3.05, 3.63) is 89.0 Å². The molecule has 0 spiro atoms. The van der Waals surface area contributed by atoms with E-state index in [0.29, 0.717) is 33.6 Å². The molecule has 0 aliphatic carbocycles. The number of nitrogens with two attached hydrogens (primary N) is 1. The molecule has 1 amide bonds. The maximum atomic E-state index is 13.1. The zero-order valence-electron chi connectivity index (χ0n) is 18.8. The number of nitrogens with zero attached hydrogens (tertiary/aromatic N) is 4. The van der Waals surface area contributed by atoms with Crippen molar-refractivity contribution in [2.24, 2.45) is 0 Å². The molecule has 0 bridgehead atoms. The second kappa shape index (κ2) is 8.39. The number of amides is 1. The van der Waals surface area contributed by atoms with Crippen LogP contribution in [-0.4, -0.2) is 20.4 Å². The number of aromatic nitrogens is 3. The van der Waals surface area contributed by atoms with Crippen molar-refractivity contribution in [3.8, 4) is 11.8 Å². The SMILES string of the molecule is Cc1ccc(NC(=O)c2cccc(C(F)(F)F)c2)cc1-n1c(N)c(C#N)c2nc3ccccc3nc21. The van der Waals surface area contributed by atoms with Crippen molar-refractivity contribution in [2.75, 3.05) is 11.1 Å². The van der Waals surface area contributed by atoms with Crippen LogP contribution in [0.3, 0.4) is 0 Å². The molecule has 178 valence electrons. The monoisotopic (exact) mass is 486 g/mol. The molecule has 10 heteroatoms. The number of halogens is 3. The molecule has 0 aliphatic heterocycles. The van der Waals surface area contributed by atoms with Crippen LogP contribution in [0, 0.1) is 18.3 Å². The van der Waals surface area contributed by atoms with Gasteiger partial charge in [-0.1, -0.05) is 24.3 Å². The number of nitrogens with one attached hydrogen (secondary N) is 1. The highest BCUT2D eigenvalue weighted by molar-refractivity contribution is 6.04. The van der Waals surface area contributed by atoms with Gasteiger partial charge in [0.05, 0.1) is 22.3 Å². The van der Waals surface area contributed by atoms with E-state index in [4.69, 9.17) is 5.73 Å². The number of alkyl halides is 3. The van der Waals surface area contributed by atoms with Gasteiger partial charge in [0.1, 0.15) is 23.0 Å².